The Hall–Kier alpha value is -1.62. The third-order valence-electron chi connectivity index (χ3n) is 3.03. The van der Waals surface area contributed by atoms with Crippen LogP contribution < -0.4 is 9.64 Å². The Morgan fingerprint density at radius 2 is 2.22 bits per heavy atom. The lowest BCUT2D eigenvalue weighted by atomic mass is 10.1. The van der Waals surface area contributed by atoms with Gasteiger partial charge in [0.25, 0.3) is 0 Å². The first-order valence-corrected chi connectivity index (χ1v) is 6.80. The number of likely N-dealkylation sites (N-methyl/N-ethyl adjacent to an activating group) is 1. The first-order chi connectivity index (χ1) is 8.72. The zero-order valence-corrected chi connectivity index (χ0v) is 11.3. The predicted octanol–water partition coefficient (Wildman–Crippen LogP) is 2.29. The SMILES string of the molecule is Cc1nnc(N(C)C[C@@H]2Cc3ccccc3O2)s1. The molecule has 0 radical (unpaired) electrons. The van der Waals surface area contributed by atoms with Gasteiger partial charge < -0.3 is 9.64 Å². The van der Waals surface area contributed by atoms with E-state index in [-0.39, 0.29) is 6.10 Å². The number of benzene rings is 1. The minimum absolute atomic E-state index is 0.205. The quantitative estimate of drug-likeness (QED) is 0.849. The highest BCUT2D eigenvalue weighted by atomic mass is 32.1. The molecule has 0 spiro atoms. The topological polar surface area (TPSA) is 38.2 Å². The number of rotatable bonds is 3. The largest absolute Gasteiger partial charge is 0.488 e. The van der Waals surface area contributed by atoms with Crippen LogP contribution in [0.1, 0.15) is 10.6 Å². The minimum Gasteiger partial charge on any atom is -0.488 e. The van der Waals surface area contributed by atoms with Crippen LogP contribution in [0.5, 0.6) is 5.75 Å². The van der Waals surface area contributed by atoms with Crippen LogP contribution in [0.15, 0.2) is 24.3 Å². The van der Waals surface area contributed by atoms with E-state index in [1.165, 1.54) is 5.56 Å². The summed E-state index contributed by atoms with van der Waals surface area (Å²) in [5, 5.41) is 10.1. The second-order valence-electron chi connectivity index (χ2n) is 4.54. The van der Waals surface area contributed by atoms with Gasteiger partial charge in [-0.25, -0.2) is 0 Å². The van der Waals surface area contributed by atoms with E-state index >= 15 is 0 Å². The van der Waals surface area contributed by atoms with Crippen LogP contribution in [-0.4, -0.2) is 29.9 Å². The third kappa shape index (κ3) is 2.18. The van der Waals surface area contributed by atoms with E-state index in [0.717, 1.165) is 28.9 Å². The molecular weight excluding hydrogens is 246 g/mol. The van der Waals surface area contributed by atoms with Crippen molar-refractivity contribution in [2.24, 2.45) is 0 Å². The number of nitrogens with zero attached hydrogens (tertiary/aromatic N) is 3. The zero-order valence-electron chi connectivity index (χ0n) is 10.5. The lowest BCUT2D eigenvalue weighted by Crippen LogP contribution is -2.31. The highest BCUT2D eigenvalue weighted by Crippen LogP contribution is 2.29. The second kappa shape index (κ2) is 4.57. The van der Waals surface area contributed by atoms with Crippen molar-refractivity contribution in [2.45, 2.75) is 19.4 Å². The number of aryl methyl sites for hydroxylation is 1. The molecule has 0 amide bonds. The fraction of sp³-hybridized carbons (Fsp3) is 0.385. The molecule has 0 bridgehead atoms. The summed E-state index contributed by atoms with van der Waals surface area (Å²) in [6.45, 7) is 2.81. The standard InChI is InChI=1S/C13H15N3OS/c1-9-14-15-13(18-9)16(2)8-11-7-10-5-3-4-6-12(10)17-11/h3-6,11H,7-8H2,1-2H3/t11-/m0/s1. The van der Waals surface area contributed by atoms with Gasteiger partial charge in [0, 0.05) is 13.5 Å². The molecule has 1 aromatic carbocycles. The molecule has 1 aliphatic heterocycles. The highest BCUT2D eigenvalue weighted by molar-refractivity contribution is 7.15. The lowest BCUT2D eigenvalue weighted by Gasteiger charge is -2.19. The molecule has 0 N–H and O–H groups in total. The third-order valence-corrected chi connectivity index (χ3v) is 3.99. The number of hydrogen-bond donors (Lipinski definition) is 0. The summed E-state index contributed by atoms with van der Waals surface area (Å²) < 4.78 is 5.92. The number of fused-ring (bicyclic) bond motifs is 1. The van der Waals surface area contributed by atoms with Gasteiger partial charge in [-0.3, -0.25) is 0 Å². The smallest absolute Gasteiger partial charge is 0.208 e. The van der Waals surface area contributed by atoms with Crippen molar-refractivity contribution in [3.05, 3.63) is 34.8 Å². The average Bonchev–Trinajstić information content (AvgIpc) is 2.94. The van der Waals surface area contributed by atoms with Crippen molar-refractivity contribution < 1.29 is 4.74 Å². The zero-order chi connectivity index (χ0) is 12.5. The maximum absolute atomic E-state index is 5.92. The Morgan fingerprint density at radius 3 is 2.94 bits per heavy atom. The van der Waals surface area contributed by atoms with Gasteiger partial charge in [-0.05, 0) is 18.6 Å². The summed E-state index contributed by atoms with van der Waals surface area (Å²) in [6, 6.07) is 8.23. The van der Waals surface area contributed by atoms with Gasteiger partial charge in [0.1, 0.15) is 16.9 Å². The molecule has 1 aromatic heterocycles. The monoisotopic (exact) mass is 261 g/mol. The summed E-state index contributed by atoms with van der Waals surface area (Å²) in [5.74, 6) is 1.02. The molecule has 0 aliphatic carbocycles. The maximum atomic E-state index is 5.92. The number of ether oxygens (including phenoxy) is 1. The van der Waals surface area contributed by atoms with E-state index in [2.05, 4.69) is 27.2 Å². The number of hydrogen-bond acceptors (Lipinski definition) is 5. The fourth-order valence-electron chi connectivity index (χ4n) is 2.18. The summed E-state index contributed by atoms with van der Waals surface area (Å²) in [5.41, 5.74) is 1.30. The van der Waals surface area contributed by atoms with Crippen LogP contribution in [-0.2, 0) is 6.42 Å². The van der Waals surface area contributed by atoms with Crippen molar-refractivity contribution in [3.8, 4) is 5.75 Å². The van der Waals surface area contributed by atoms with Crippen molar-refractivity contribution in [1.82, 2.24) is 10.2 Å². The van der Waals surface area contributed by atoms with Crippen molar-refractivity contribution >= 4 is 16.5 Å². The van der Waals surface area contributed by atoms with Crippen LogP contribution in [0.25, 0.3) is 0 Å². The molecule has 3 rings (SSSR count). The summed E-state index contributed by atoms with van der Waals surface area (Å²) in [6.07, 6.45) is 1.18. The van der Waals surface area contributed by atoms with Crippen LogP contribution >= 0.6 is 11.3 Å². The van der Waals surface area contributed by atoms with Gasteiger partial charge in [0.05, 0.1) is 6.54 Å². The Labute approximate surface area is 110 Å². The molecule has 0 saturated heterocycles. The highest BCUT2D eigenvalue weighted by Gasteiger charge is 2.24. The molecule has 2 heterocycles. The molecule has 94 valence electrons. The normalized spacial score (nSPS) is 17.3. The van der Waals surface area contributed by atoms with Gasteiger partial charge in [-0.2, -0.15) is 0 Å². The minimum atomic E-state index is 0.205. The molecule has 4 nitrogen and oxygen atoms in total. The van der Waals surface area contributed by atoms with E-state index in [9.17, 15) is 0 Å². The first kappa shape index (κ1) is 11.5. The molecule has 0 saturated carbocycles. The molecule has 1 atom stereocenters. The van der Waals surface area contributed by atoms with Gasteiger partial charge in [0.2, 0.25) is 5.13 Å². The van der Waals surface area contributed by atoms with E-state index in [1.54, 1.807) is 11.3 Å². The number of anilines is 1. The number of para-hydroxylation sites is 1. The molecule has 18 heavy (non-hydrogen) atoms. The van der Waals surface area contributed by atoms with Crippen LogP contribution in [0.4, 0.5) is 5.13 Å². The predicted molar refractivity (Wildman–Crippen MR) is 72.5 cm³/mol. The Morgan fingerprint density at radius 1 is 1.39 bits per heavy atom. The van der Waals surface area contributed by atoms with Gasteiger partial charge >= 0.3 is 0 Å². The van der Waals surface area contributed by atoms with Crippen LogP contribution in [0.3, 0.4) is 0 Å². The lowest BCUT2D eigenvalue weighted by molar-refractivity contribution is 0.239. The van der Waals surface area contributed by atoms with E-state index in [4.69, 9.17) is 4.74 Å². The van der Waals surface area contributed by atoms with Crippen molar-refractivity contribution in [3.63, 3.8) is 0 Å². The summed E-state index contributed by atoms with van der Waals surface area (Å²) in [4.78, 5) is 2.11. The van der Waals surface area contributed by atoms with Crippen LogP contribution in [0.2, 0.25) is 0 Å². The molecule has 1 aliphatic rings. The second-order valence-corrected chi connectivity index (χ2v) is 5.70. The Kier molecular flexibility index (Phi) is 2.91. The molecule has 0 unspecified atom stereocenters. The van der Waals surface area contributed by atoms with Gasteiger partial charge in [0.15, 0.2) is 0 Å². The van der Waals surface area contributed by atoms with Crippen molar-refractivity contribution in [2.75, 3.05) is 18.5 Å². The first-order valence-electron chi connectivity index (χ1n) is 5.98. The molecule has 0 fully saturated rings. The molecule has 5 heteroatoms. The van der Waals surface area contributed by atoms with Gasteiger partial charge in [-0.15, -0.1) is 10.2 Å². The summed E-state index contributed by atoms with van der Waals surface area (Å²) >= 11 is 1.61. The Bertz CT molecular complexity index is 530. The molecule has 2 aromatic rings. The summed E-state index contributed by atoms with van der Waals surface area (Å²) in [7, 11) is 2.03. The molecular formula is C13H15N3OS. The van der Waals surface area contributed by atoms with E-state index < -0.39 is 0 Å². The van der Waals surface area contributed by atoms with Gasteiger partial charge in [-0.1, -0.05) is 29.5 Å². The van der Waals surface area contributed by atoms with E-state index in [1.807, 2.05) is 26.1 Å². The maximum Gasteiger partial charge on any atom is 0.208 e. The fourth-order valence-corrected chi connectivity index (χ4v) is 2.84. The Balaban J connectivity index is 1.66. The van der Waals surface area contributed by atoms with Crippen LogP contribution in [0, 0.1) is 6.92 Å². The van der Waals surface area contributed by atoms with E-state index in [0.29, 0.717) is 0 Å². The average molecular weight is 261 g/mol. The number of aromatic nitrogens is 2. The van der Waals surface area contributed by atoms with Crippen molar-refractivity contribution in [1.29, 1.82) is 0 Å².